The highest BCUT2D eigenvalue weighted by atomic mass is 32.2. The van der Waals surface area contributed by atoms with Crippen molar-refractivity contribution in [1.82, 2.24) is 0 Å². The van der Waals surface area contributed by atoms with E-state index in [9.17, 15) is 13.2 Å². The second-order valence-corrected chi connectivity index (χ2v) is 11.9. The monoisotopic (exact) mass is 438 g/mol. The number of carbonyl (C=O) groups is 1. The van der Waals surface area contributed by atoms with E-state index < -0.39 is 10.0 Å². The van der Waals surface area contributed by atoms with E-state index in [-0.39, 0.29) is 21.6 Å². The summed E-state index contributed by atoms with van der Waals surface area (Å²) in [5, 5.41) is 8.41. The minimum atomic E-state index is -3.84. The molecule has 3 N–H and O–H groups in total. The Balaban J connectivity index is 1.46. The molecule has 2 aromatic rings. The van der Waals surface area contributed by atoms with Crippen molar-refractivity contribution in [2.75, 3.05) is 5.32 Å². The van der Waals surface area contributed by atoms with E-state index in [1.807, 2.05) is 0 Å². The van der Waals surface area contributed by atoms with E-state index in [2.05, 4.69) is 36.5 Å². The molecule has 0 radical (unpaired) electrons. The summed E-state index contributed by atoms with van der Waals surface area (Å²) < 4.78 is 23.8. The molecule has 0 aliphatic heterocycles. The zero-order valence-corrected chi connectivity index (χ0v) is 19.0. The summed E-state index contributed by atoms with van der Waals surface area (Å²) in [6.07, 6.45) is 6.29. The third-order valence-corrected chi connectivity index (χ3v) is 9.01. The number of rotatable bonds is 4. The van der Waals surface area contributed by atoms with Crippen LogP contribution in [0.25, 0.3) is 0 Å². The maximum atomic E-state index is 13.6. The Morgan fingerprint density at radius 1 is 1.00 bits per heavy atom. The molecule has 0 saturated heterocycles. The Morgan fingerprint density at radius 2 is 1.65 bits per heavy atom. The van der Waals surface area contributed by atoms with Crippen LogP contribution < -0.4 is 10.5 Å². The summed E-state index contributed by atoms with van der Waals surface area (Å²) in [7, 11) is -3.84. The lowest BCUT2D eigenvalue weighted by atomic mass is 9.42. The number of aryl methyl sites for hydroxylation is 2. The van der Waals surface area contributed by atoms with Crippen molar-refractivity contribution in [1.29, 1.82) is 0 Å². The van der Waals surface area contributed by atoms with E-state index in [1.165, 1.54) is 36.5 Å². The first kappa shape index (κ1) is 20.7. The molecule has 6 rings (SSSR count). The third-order valence-electron chi connectivity index (χ3n) is 7.96. The van der Waals surface area contributed by atoms with Gasteiger partial charge in [-0.1, -0.05) is 35.9 Å². The minimum absolute atomic E-state index is 0.0299. The van der Waals surface area contributed by atoms with E-state index in [0.29, 0.717) is 23.1 Å². The van der Waals surface area contributed by atoms with Gasteiger partial charge in [0.05, 0.1) is 10.3 Å². The van der Waals surface area contributed by atoms with Crippen LogP contribution in [0.1, 0.15) is 55.2 Å². The van der Waals surface area contributed by atoms with Gasteiger partial charge in [0, 0.05) is 5.69 Å². The van der Waals surface area contributed by atoms with Crippen molar-refractivity contribution >= 4 is 21.6 Å². The second-order valence-electron chi connectivity index (χ2n) is 10.4. The molecule has 0 aromatic heterocycles. The Labute approximate surface area is 184 Å². The lowest BCUT2D eigenvalue weighted by molar-refractivity contribution is -0.143. The van der Waals surface area contributed by atoms with Gasteiger partial charge in [-0.05, 0) is 92.9 Å². The summed E-state index contributed by atoms with van der Waals surface area (Å²) in [5.41, 5.74) is 3.39. The van der Waals surface area contributed by atoms with Crippen molar-refractivity contribution in [2.45, 2.75) is 62.7 Å². The molecule has 2 unspecified atom stereocenters. The van der Waals surface area contributed by atoms with Crippen molar-refractivity contribution in [2.24, 2.45) is 22.4 Å². The third kappa shape index (κ3) is 3.50. The van der Waals surface area contributed by atoms with Gasteiger partial charge in [-0.25, -0.2) is 13.6 Å². The SMILES string of the molecule is Cc1ccc(C23CC4CC(CC(C(=O)Nc5ccc(C)c(S(N)(=O)=O)c5)(C4)C2)C3)cc1. The molecule has 4 aliphatic carbocycles. The van der Waals surface area contributed by atoms with Gasteiger partial charge >= 0.3 is 0 Å². The number of carbonyl (C=O) groups excluding carboxylic acids is 1. The summed E-state index contributed by atoms with van der Waals surface area (Å²) in [5.74, 6) is 1.18. The first-order valence-corrected chi connectivity index (χ1v) is 12.7. The van der Waals surface area contributed by atoms with Gasteiger partial charge in [-0.3, -0.25) is 4.79 Å². The molecule has 4 aliphatic rings. The lowest BCUT2D eigenvalue weighted by Crippen LogP contribution is -2.58. The molecule has 6 heteroatoms. The predicted octanol–water partition coefficient (Wildman–Crippen LogP) is 4.43. The van der Waals surface area contributed by atoms with Crippen LogP contribution in [0, 0.1) is 31.1 Å². The second kappa shape index (κ2) is 6.91. The number of sulfonamides is 1. The molecule has 2 aromatic carbocycles. The molecule has 0 heterocycles. The van der Waals surface area contributed by atoms with Gasteiger partial charge in [0.25, 0.3) is 0 Å². The van der Waals surface area contributed by atoms with Gasteiger partial charge in [0.1, 0.15) is 0 Å². The standard InChI is InChI=1S/C25H30N2O3S/c1-16-3-6-20(7-4-16)24-11-18-9-19(12-24)14-25(13-18,15-24)23(28)27-21-8-5-17(2)22(10-21)31(26,29)30/h3-8,10,18-19H,9,11-15H2,1-2H3,(H,27,28)(H2,26,29,30). The Morgan fingerprint density at radius 3 is 2.26 bits per heavy atom. The molecule has 4 bridgehead atoms. The number of anilines is 1. The van der Waals surface area contributed by atoms with Crippen LogP contribution in [0.4, 0.5) is 5.69 Å². The zero-order valence-electron chi connectivity index (χ0n) is 18.1. The summed E-state index contributed by atoms with van der Waals surface area (Å²) >= 11 is 0. The quantitative estimate of drug-likeness (QED) is 0.740. The summed E-state index contributed by atoms with van der Waals surface area (Å²) in [6.45, 7) is 3.81. The summed E-state index contributed by atoms with van der Waals surface area (Å²) in [6, 6.07) is 13.8. The highest BCUT2D eigenvalue weighted by Crippen LogP contribution is 2.66. The maximum absolute atomic E-state index is 13.6. The highest BCUT2D eigenvalue weighted by molar-refractivity contribution is 7.89. The fourth-order valence-corrected chi connectivity index (χ4v) is 7.83. The van der Waals surface area contributed by atoms with Gasteiger partial charge in [-0.2, -0.15) is 0 Å². The van der Waals surface area contributed by atoms with E-state index >= 15 is 0 Å². The Hall–Kier alpha value is -2.18. The van der Waals surface area contributed by atoms with Gasteiger partial charge in [0.2, 0.25) is 15.9 Å². The number of amides is 1. The van der Waals surface area contributed by atoms with Crippen molar-refractivity contribution in [3.63, 3.8) is 0 Å². The first-order chi connectivity index (χ1) is 14.6. The molecule has 1 amide bonds. The van der Waals surface area contributed by atoms with E-state index in [4.69, 9.17) is 5.14 Å². The van der Waals surface area contributed by atoms with E-state index in [0.717, 1.165) is 19.3 Å². The van der Waals surface area contributed by atoms with Crippen LogP contribution in [-0.2, 0) is 20.2 Å². The predicted molar refractivity (Wildman–Crippen MR) is 121 cm³/mol. The molecule has 0 spiro atoms. The normalized spacial score (nSPS) is 31.6. The molecule has 4 fully saturated rings. The first-order valence-electron chi connectivity index (χ1n) is 11.1. The van der Waals surface area contributed by atoms with Crippen LogP contribution >= 0.6 is 0 Å². The average Bonchev–Trinajstić information content (AvgIpc) is 2.68. The lowest BCUT2D eigenvalue weighted by Gasteiger charge is -2.61. The minimum Gasteiger partial charge on any atom is -0.326 e. The number of hydrogen-bond donors (Lipinski definition) is 2. The Kier molecular flexibility index (Phi) is 4.61. The maximum Gasteiger partial charge on any atom is 0.238 e. The molecule has 164 valence electrons. The number of primary sulfonamides is 1. The Bertz CT molecular complexity index is 1140. The van der Waals surface area contributed by atoms with Crippen molar-refractivity contribution in [3.8, 4) is 0 Å². The summed E-state index contributed by atoms with van der Waals surface area (Å²) in [4.78, 5) is 13.7. The van der Waals surface area contributed by atoms with Gasteiger partial charge < -0.3 is 5.32 Å². The molecule has 4 saturated carbocycles. The number of hydrogen-bond acceptors (Lipinski definition) is 3. The molecule has 2 atom stereocenters. The number of benzene rings is 2. The fourth-order valence-electron chi connectivity index (χ4n) is 7.02. The van der Waals surface area contributed by atoms with Crippen molar-refractivity contribution < 1.29 is 13.2 Å². The molecular weight excluding hydrogens is 408 g/mol. The van der Waals surface area contributed by atoms with Crippen LogP contribution in [0.2, 0.25) is 0 Å². The molecule has 5 nitrogen and oxygen atoms in total. The van der Waals surface area contributed by atoms with E-state index in [1.54, 1.807) is 19.1 Å². The van der Waals surface area contributed by atoms with Gasteiger partial charge in [-0.15, -0.1) is 0 Å². The fraction of sp³-hybridized carbons (Fsp3) is 0.480. The molecular formula is C25H30N2O3S. The average molecular weight is 439 g/mol. The van der Waals surface area contributed by atoms with Gasteiger partial charge in [0.15, 0.2) is 0 Å². The van der Waals surface area contributed by atoms with Crippen molar-refractivity contribution in [3.05, 3.63) is 59.2 Å². The van der Waals surface area contributed by atoms with Crippen LogP contribution in [0.3, 0.4) is 0 Å². The topological polar surface area (TPSA) is 89.3 Å². The van der Waals surface area contributed by atoms with Crippen LogP contribution in [0.5, 0.6) is 0 Å². The number of nitrogens with two attached hydrogens (primary N) is 1. The number of nitrogens with one attached hydrogen (secondary N) is 1. The zero-order chi connectivity index (χ0) is 22.0. The highest BCUT2D eigenvalue weighted by Gasteiger charge is 2.60. The largest absolute Gasteiger partial charge is 0.326 e. The molecule has 31 heavy (non-hydrogen) atoms. The van der Waals surface area contributed by atoms with Crippen LogP contribution in [0.15, 0.2) is 47.4 Å². The smallest absolute Gasteiger partial charge is 0.238 e. The van der Waals surface area contributed by atoms with Crippen LogP contribution in [-0.4, -0.2) is 14.3 Å².